The zero-order chi connectivity index (χ0) is 15.0. The first-order valence-corrected chi connectivity index (χ1v) is 8.05. The predicted octanol–water partition coefficient (Wildman–Crippen LogP) is 4.27. The van der Waals surface area contributed by atoms with Crippen molar-refractivity contribution in [2.24, 2.45) is 0 Å². The lowest BCUT2D eigenvalue weighted by Crippen LogP contribution is -2.24. The summed E-state index contributed by atoms with van der Waals surface area (Å²) >= 11 is 1.67. The minimum absolute atomic E-state index is 0.0246. The predicted molar refractivity (Wildman–Crippen MR) is 89.1 cm³/mol. The summed E-state index contributed by atoms with van der Waals surface area (Å²) in [6.07, 6.45) is 0.816. The number of hydrogen-bond acceptors (Lipinski definition) is 2. The van der Waals surface area contributed by atoms with Crippen LogP contribution in [0, 0.1) is 20.8 Å². The standard InChI is InChI=1S/C18H19NOS/c1-11-4-6-14-10-17(21-16(14)8-11)18(20)19-15-7-5-12(2)13(3)9-15/h4-9,17H,10H2,1-3H3,(H,19,20). The molecule has 2 aromatic carbocycles. The number of fused-ring (bicyclic) bond motifs is 1. The van der Waals surface area contributed by atoms with Crippen LogP contribution in [-0.4, -0.2) is 11.2 Å². The molecule has 0 bridgehead atoms. The number of nitrogens with one attached hydrogen (secondary N) is 1. The summed E-state index contributed by atoms with van der Waals surface area (Å²) in [5, 5.41) is 3.02. The summed E-state index contributed by atoms with van der Waals surface area (Å²) < 4.78 is 0. The first-order chi connectivity index (χ1) is 10.0. The Morgan fingerprint density at radius 1 is 1.10 bits per heavy atom. The van der Waals surface area contributed by atoms with Gasteiger partial charge in [0.05, 0.1) is 5.25 Å². The van der Waals surface area contributed by atoms with E-state index in [1.54, 1.807) is 11.8 Å². The maximum atomic E-state index is 12.4. The molecular formula is C18H19NOS. The fourth-order valence-electron chi connectivity index (χ4n) is 2.52. The average molecular weight is 297 g/mol. The van der Waals surface area contributed by atoms with Gasteiger partial charge >= 0.3 is 0 Å². The number of hydrogen-bond donors (Lipinski definition) is 1. The van der Waals surface area contributed by atoms with Crippen LogP contribution in [0.1, 0.15) is 22.3 Å². The Hall–Kier alpha value is -1.74. The van der Waals surface area contributed by atoms with Gasteiger partial charge in [-0.2, -0.15) is 0 Å². The van der Waals surface area contributed by atoms with Gasteiger partial charge in [0.2, 0.25) is 5.91 Å². The van der Waals surface area contributed by atoms with Crippen LogP contribution in [0.3, 0.4) is 0 Å². The van der Waals surface area contributed by atoms with E-state index < -0.39 is 0 Å². The molecule has 0 saturated carbocycles. The average Bonchev–Trinajstić information content (AvgIpc) is 2.86. The maximum absolute atomic E-state index is 12.4. The largest absolute Gasteiger partial charge is 0.325 e. The molecule has 0 saturated heterocycles. The fraction of sp³-hybridized carbons (Fsp3) is 0.278. The molecule has 1 aliphatic rings. The molecule has 0 aliphatic carbocycles. The molecule has 1 heterocycles. The molecule has 0 aromatic heterocycles. The van der Waals surface area contributed by atoms with E-state index in [4.69, 9.17) is 0 Å². The lowest BCUT2D eigenvalue weighted by atomic mass is 10.1. The van der Waals surface area contributed by atoms with Gasteiger partial charge in [0, 0.05) is 10.6 Å². The van der Waals surface area contributed by atoms with Crippen LogP contribution in [0.2, 0.25) is 0 Å². The van der Waals surface area contributed by atoms with Crippen molar-refractivity contribution in [2.75, 3.05) is 5.32 Å². The molecule has 0 spiro atoms. The van der Waals surface area contributed by atoms with E-state index >= 15 is 0 Å². The Bertz CT molecular complexity index is 708. The zero-order valence-electron chi connectivity index (χ0n) is 12.6. The molecule has 2 aromatic rings. The smallest absolute Gasteiger partial charge is 0.238 e. The number of thioether (sulfide) groups is 1. The number of carbonyl (C=O) groups excluding carboxylic acids is 1. The van der Waals surface area contributed by atoms with E-state index in [0.29, 0.717) is 0 Å². The van der Waals surface area contributed by atoms with Crippen molar-refractivity contribution in [1.82, 2.24) is 0 Å². The Morgan fingerprint density at radius 3 is 2.67 bits per heavy atom. The van der Waals surface area contributed by atoms with Crippen LogP contribution in [0.25, 0.3) is 0 Å². The number of rotatable bonds is 2. The van der Waals surface area contributed by atoms with Gasteiger partial charge in [0.15, 0.2) is 0 Å². The van der Waals surface area contributed by atoms with Crippen LogP contribution in [0.4, 0.5) is 5.69 Å². The van der Waals surface area contributed by atoms with Crippen LogP contribution in [-0.2, 0) is 11.2 Å². The van der Waals surface area contributed by atoms with Crippen LogP contribution < -0.4 is 5.32 Å². The summed E-state index contributed by atoms with van der Waals surface area (Å²) in [5.41, 5.74) is 5.86. The van der Waals surface area contributed by atoms with Crippen molar-refractivity contribution in [2.45, 2.75) is 37.3 Å². The molecule has 2 nitrogen and oxygen atoms in total. The number of amides is 1. The summed E-state index contributed by atoms with van der Waals surface area (Å²) in [7, 11) is 0. The second-order valence-electron chi connectivity index (χ2n) is 5.71. The first kappa shape index (κ1) is 14.2. The molecule has 1 unspecified atom stereocenters. The topological polar surface area (TPSA) is 29.1 Å². The highest BCUT2D eigenvalue weighted by atomic mass is 32.2. The Balaban J connectivity index is 1.71. The molecule has 0 radical (unpaired) electrons. The molecule has 3 rings (SSSR count). The molecule has 1 atom stereocenters. The fourth-order valence-corrected chi connectivity index (χ4v) is 3.81. The summed E-state index contributed by atoms with van der Waals surface area (Å²) in [6.45, 7) is 6.23. The SMILES string of the molecule is Cc1ccc2c(c1)SC(C(=O)Nc1ccc(C)c(C)c1)C2. The van der Waals surface area contributed by atoms with Crippen LogP contribution in [0.15, 0.2) is 41.3 Å². The van der Waals surface area contributed by atoms with Crippen molar-refractivity contribution in [1.29, 1.82) is 0 Å². The van der Waals surface area contributed by atoms with Crippen molar-refractivity contribution in [3.05, 3.63) is 58.7 Å². The molecule has 1 N–H and O–H groups in total. The highest BCUT2D eigenvalue weighted by Crippen LogP contribution is 2.38. The number of carbonyl (C=O) groups is 1. The number of anilines is 1. The second-order valence-corrected chi connectivity index (χ2v) is 6.95. The van der Waals surface area contributed by atoms with E-state index in [9.17, 15) is 4.79 Å². The van der Waals surface area contributed by atoms with Crippen molar-refractivity contribution in [3.63, 3.8) is 0 Å². The molecule has 108 valence electrons. The minimum atomic E-state index is -0.0246. The molecule has 21 heavy (non-hydrogen) atoms. The van der Waals surface area contributed by atoms with E-state index in [0.717, 1.165) is 12.1 Å². The van der Waals surface area contributed by atoms with Crippen LogP contribution >= 0.6 is 11.8 Å². The van der Waals surface area contributed by atoms with Crippen LogP contribution in [0.5, 0.6) is 0 Å². The van der Waals surface area contributed by atoms with Gasteiger partial charge in [0.1, 0.15) is 0 Å². The van der Waals surface area contributed by atoms with Gasteiger partial charge in [-0.25, -0.2) is 0 Å². The Morgan fingerprint density at radius 2 is 1.90 bits per heavy atom. The van der Waals surface area contributed by atoms with E-state index in [1.165, 1.54) is 27.1 Å². The maximum Gasteiger partial charge on any atom is 0.238 e. The highest BCUT2D eigenvalue weighted by molar-refractivity contribution is 8.01. The number of aryl methyl sites for hydroxylation is 3. The first-order valence-electron chi connectivity index (χ1n) is 7.17. The van der Waals surface area contributed by atoms with Crippen molar-refractivity contribution in [3.8, 4) is 0 Å². The second kappa shape index (κ2) is 5.57. The summed E-state index contributed by atoms with van der Waals surface area (Å²) in [6, 6.07) is 12.5. The monoisotopic (exact) mass is 297 g/mol. The summed E-state index contributed by atoms with van der Waals surface area (Å²) in [5.74, 6) is 0.0945. The molecule has 3 heteroatoms. The van der Waals surface area contributed by atoms with Gasteiger partial charge in [0.25, 0.3) is 0 Å². The van der Waals surface area contributed by atoms with Gasteiger partial charge in [-0.1, -0.05) is 23.8 Å². The molecule has 1 aliphatic heterocycles. The lowest BCUT2D eigenvalue weighted by molar-refractivity contribution is -0.115. The Labute approximate surface area is 130 Å². The third-order valence-corrected chi connectivity index (χ3v) is 5.26. The van der Waals surface area contributed by atoms with Crippen molar-refractivity contribution >= 4 is 23.4 Å². The zero-order valence-corrected chi connectivity index (χ0v) is 13.4. The third kappa shape index (κ3) is 2.98. The number of benzene rings is 2. The lowest BCUT2D eigenvalue weighted by Gasteiger charge is -2.11. The van der Waals surface area contributed by atoms with E-state index in [2.05, 4.69) is 44.3 Å². The van der Waals surface area contributed by atoms with Crippen molar-refractivity contribution < 1.29 is 4.79 Å². The van der Waals surface area contributed by atoms with Gasteiger partial charge in [-0.15, -0.1) is 11.8 Å². The van der Waals surface area contributed by atoms with Gasteiger partial charge < -0.3 is 5.32 Å². The van der Waals surface area contributed by atoms with E-state index in [1.807, 2.05) is 18.2 Å². The molecule has 1 amide bonds. The summed E-state index contributed by atoms with van der Waals surface area (Å²) in [4.78, 5) is 13.7. The van der Waals surface area contributed by atoms with Gasteiger partial charge in [-0.3, -0.25) is 4.79 Å². The van der Waals surface area contributed by atoms with E-state index in [-0.39, 0.29) is 11.2 Å². The molecular weight excluding hydrogens is 278 g/mol. The third-order valence-electron chi connectivity index (χ3n) is 3.96. The quantitative estimate of drug-likeness (QED) is 0.897. The normalized spacial score (nSPS) is 16.6. The van der Waals surface area contributed by atoms with Gasteiger partial charge in [-0.05, 0) is 62.1 Å². The highest BCUT2D eigenvalue weighted by Gasteiger charge is 2.28. The minimum Gasteiger partial charge on any atom is -0.325 e. The Kier molecular flexibility index (Phi) is 3.77. The molecule has 0 fully saturated rings.